The van der Waals surface area contributed by atoms with Gasteiger partial charge in [-0.25, -0.2) is 9.59 Å². The minimum absolute atomic E-state index is 0.312. The Morgan fingerprint density at radius 3 is 2.56 bits per heavy atom. The summed E-state index contributed by atoms with van der Waals surface area (Å²) in [7, 11) is 0. The molecule has 0 radical (unpaired) electrons. The molecule has 1 aromatic carbocycles. The molecule has 0 bridgehead atoms. The highest BCUT2D eigenvalue weighted by molar-refractivity contribution is 5.74. The van der Waals surface area contributed by atoms with E-state index in [1.54, 1.807) is 0 Å². The number of aliphatic hydroxyl groups is 3. The molecule has 3 aliphatic heterocycles. The highest BCUT2D eigenvalue weighted by atomic mass is 16.7. The standard InChI is InChI=1S/C22H28N2O8.C2H6/c25-16-17(26)19(20(28)29)31-21(18(16)27)32-22(30)24-8-7-23-9-11-3-1-5-13(11)14-6-2-4-12(10-24)15(14)23;1-2/h2,4,6,11,13,16-19,21,25-27H,1,3,5,7-10H2,(H,28,29);1-2H3/t11-,13-,16?,17?,18?,19?,21?;/m0./s1. The normalized spacial score (nSPS) is 34.2. The van der Waals surface area contributed by atoms with Crippen LogP contribution in [-0.2, 0) is 20.8 Å². The summed E-state index contributed by atoms with van der Waals surface area (Å²) in [6.45, 7) is 6.30. The summed E-state index contributed by atoms with van der Waals surface area (Å²) in [5.74, 6) is -0.338. The molecular formula is C24H34N2O8. The number of carbonyl (C=O) groups excluding carboxylic acids is 1. The smallest absolute Gasteiger partial charge is 0.412 e. The molecule has 10 nitrogen and oxygen atoms in total. The number of amides is 1. The lowest BCUT2D eigenvalue weighted by atomic mass is 9.82. The van der Waals surface area contributed by atoms with Crippen molar-refractivity contribution in [2.24, 2.45) is 5.92 Å². The number of rotatable bonds is 2. The third-order valence-electron chi connectivity index (χ3n) is 7.27. The summed E-state index contributed by atoms with van der Waals surface area (Å²) < 4.78 is 10.4. The van der Waals surface area contributed by atoms with E-state index in [2.05, 4.69) is 11.0 Å². The molecule has 4 aliphatic rings. The van der Waals surface area contributed by atoms with Gasteiger partial charge in [0.1, 0.15) is 18.3 Å². The van der Waals surface area contributed by atoms with Crippen molar-refractivity contribution in [3.05, 3.63) is 29.3 Å². The number of ether oxygens (including phenoxy) is 2. The zero-order valence-corrected chi connectivity index (χ0v) is 19.5. The monoisotopic (exact) mass is 478 g/mol. The van der Waals surface area contributed by atoms with Gasteiger partial charge in [0.2, 0.25) is 6.29 Å². The van der Waals surface area contributed by atoms with Gasteiger partial charge in [-0.1, -0.05) is 38.5 Å². The molecule has 1 saturated carbocycles. The summed E-state index contributed by atoms with van der Waals surface area (Å²) in [5.41, 5.74) is 3.56. The van der Waals surface area contributed by atoms with Gasteiger partial charge < -0.3 is 39.7 Å². The van der Waals surface area contributed by atoms with Crippen molar-refractivity contribution in [1.29, 1.82) is 0 Å². The number of anilines is 1. The Labute approximate surface area is 198 Å². The molecule has 4 N–H and O–H groups in total. The molecule has 0 spiro atoms. The van der Waals surface area contributed by atoms with Gasteiger partial charge in [-0.2, -0.15) is 0 Å². The van der Waals surface area contributed by atoms with Crippen molar-refractivity contribution in [3.8, 4) is 0 Å². The van der Waals surface area contributed by atoms with Gasteiger partial charge in [0.05, 0.1) is 6.54 Å². The molecule has 5 rings (SSSR count). The zero-order chi connectivity index (χ0) is 24.6. The lowest BCUT2D eigenvalue weighted by Crippen LogP contribution is -2.61. The fourth-order valence-corrected chi connectivity index (χ4v) is 5.67. The molecule has 3 heterocycles. The van der Waals surface area contributed by atoms with E-state index in [0.717, 1.165) is 12.1 Å². The minimum atomic E-state index is -1.84. The molecule has 1 saturated heterocycles. The summed E-state index contributed by atoms with van der Waals surface area (Å²) in [6.07, 6.45) is -6.08. The first-order valence-corrected chi connectivity index (χ1v) is 12.1. The number of carboxylic acids is 1. The second-order valence-electron chi connectivity index (χ2n) is 9.14. The Bertz CT molecular complexity index is 911. The van der Waals surface area contributed by atoms with E-state index in [-0.39, 0.29) is 0 Å². The topological polar surface area (TPSA) is 140 Å². The van der Waals surface area contributed by atoms with Gasteiger partial charge in [0, 0.05) is 25.3 Å². The van der Waals surface area contributed by atoms with E-state index in [4.69, 9.17) is 9.47 Å². The average molecular weight is 479 g/mol. The van der Waals surface area contributed by atoms with Crippen molar-refractivity contribution >= 4 is 17.7 Å². The maximum atomic E-state index is 12.9. The van der Waals surface area contributed by atoms with E-state index in [0.29, 0.717) is 31.5 Å². The van der Waals surface area contributed by atoms with Crippen molar-refractivity contribution in [1.82, 2.24) is 4.90 Å². The minimum Gasteiger partial charge on any atom is -0.479 e. The summed E-state index contributed by atoms with van der Waals surface area (Å²) >= 11 is 0. The predicted octanol–water partition coefficient (Wildman–Crippen LogP) is 1.26. The first-order valence-electron chi connectivity index (χ1n) is 12.1. The van der Waals surface area contributed by atoms with Crippen LogP contribution in [0.4, 0.5) is 10.5 Å². The SMILES string of the molecule is CC.O=C(O)C1OC(OC(=O)N2CCN3C[C@@H]4CCC[C@@H]4c4cccc(c43)C2)C(O)C(O)C1O. The number of nitrogens with zero attached hydrogens (tertiary/aromatic N) is 2. The Hall–Kier alpha value is -2.40. The third-order valence-corrected chi connectivity index (χ3v) is 7.27. The molecule has 188 valence electrons. The van der Waals surface area contributed by atoms with Crippen LogP contribution < -0.4 is 4.90 Å². The number of carbonyl (C=O) groups is 2. The lowest BCUT2D eigenvalue weighted by molar-refractivity contribution is -0.280. The summed E-state index contributed by atoms with van der Waals surface area (Å²) in [4.78, 5) is 28.1. The molecule has 10 heteroatoms. The zero-order valence-electron chi connectivity index (χ0n) is 19.5. The van der Waals surface area contributed by atoms with Gasteiger partial charge in [0.25, 0.3) is 0 Å². The highest BCUT2D eigenvalue weighted by Gasteiger charge is 2.49. The van der Waals surface area contributed by atoms with Crippen LogP contribution >= 0.6 is 0 Å². The Morgan fingerprint density at radius 2 is 1.82 bits per heavy atom. The van der Waals surface area contributed by atoms with Gasteiger partial charge in [0.15, 0.2) is 6.10 Å². The van der Waals surface area contributed by atoms with Crippen molar-refractivity contribution in [2.45, 2.75) is 76.3 Å². The van der Waals surface area contributed by atoms with Crippen molar-refractivity contribution in [3.63, 3.8) is 0 Å². The van der Waals surface area contributed by atoms with Crippen LogP contribution in [0, 0.1) is 5.92 Å². The number of aliphatic hydroxyl groups excluding tert-OH is 3. The summed E-state index contributed by atoms with van der Waals surface area (Å²) in [6, 6.07) is 6.21. The highest BCUT2D eigenvalue weighted by Crippen LogP contribution is 2.49. The molecule has 1 amide bonds. The average Bonchev–Trinajstić information content (AvgIpc) is 3.23. The van der Waals surface area contributed by atoms with Gasteiger partial charge in [-0.05, 0) is 35.8 Å². The van der Waals surface area contributed by atoms with E-state index in [1.807, 2.05) is 26.0 Å². The number of carboxylic acid groups (broad SMARTS) is 1. The number of para-hydroxylation sites is 1. The fourth-order valence-electron chi connectivity index (χ4n) is 5.67. The predicted molar refractivity (Wildman–Crippen MR) is 121 cm³/mol. The largest absolute Gasteiger partial charge is 0.479 e. The molecule has 7 atom stereocenters. The summed E-state index contributed by atoms with van der Waals surface area (Å²) in [5, 5.41) is 39.1. The maximum absolute atomic E-state index is 12.9. The molecule has 1 aromatic rings. The number of hydrogen-bond donors (Lipinski definition) is 4. The number of benzene rings is 1. The van der Waals surface area contributed by atoms with Gasteiger partial charge >= 0.3 is 12.1 Å². The van der Waals surface area contributed by atoms with Crippen molar-refractivity contribution in [2.75, 3.05) is 24.5 Å². The molecule has 0 aromatic heterocycles. The van der Waals surface area contributed by atoms with Crippen LogP contribution in [0.1, 0.15) is 50.2 Å². The number of hydrogen-bond acceptors (Lipinski definition) is 8. The van der Waals surface area contributed by atoms with E-state index in [9.17, 15) is 30.0 Å². The van der Waals surface area contributed by atoms with Crippen LogP contribution in [0.5, 0.6) is 0 Å². The Kier molecular flexibility index (Phi) is 7.32. The Balaban J connectivity index is 0.00000133. The van der Waals surface area contributed by atoms with Gasteiger partial charge in [-0.15, -0.1) is 0 Å². The van der Waals surface area contributed by atoms with Crippen LogP contribution in [0.25, 0.3) is 0 Å². The fraction of sp³-hybridized carbons (Fsp3) is 0.667. The molecule has 34 heavy (non-hydrogen) atoms. The first-order chi connectivity index (χ1) is 16.3. The van der Waals surface area contributed by atoms with Crippen LogP contribution in [0.15, 0.2) is 18.2 Å². The molecular weight excluding hydrogens is 444 g/mol. The lowest BCUT2D eigenvalue weighted by Gasteiger charge is -2.39. The quantitative estimate of drug-likeness (QED) is 0.494. The van der Waals surface area contributed by atoms with E-state index in [1.165, 1.54) is 35.4 Å². The maximum Gasteiger partial charge on any atom is 0.412 e. The van der Waals surface area contributed by atoms with Crippen LogP contribution in [0.2, 0.25) is 0 Å². The van der Waals surface area contributed by atoms with Gasteiger partial charge in [-0.3, -0.25) is 0 Å². The van der Waals surface area contributed by atoms with E-state index >= 15 is 0 Å². The number of fused-ring (bicyclic) bond motifs is 2. The first kappa shape index (κ1) is 24.7. The van der Waals surface area contributed by atoms with E-state index < -0.39 is 42.8 Å². The second-order valence-corrected chi connectivity index (χ2v) is 9.14. The molecule has 5 unspecified atom stereocenters. The molecule has 1 aliphatic carbocycles. The van der Waals surface area contributed by atoms with Crippen LogP contribution in [-0.4, -0.2) is 87.7 Å². The second kappa shape index (κ2) is 10.1. The molecule has 2 fully saturated rings. The van der Waals surface area contributed by atoms with Crippen LogP contribution in [0.3, 0.4) is 0 Å². The van der Waals surface area contributed by atoms with Crippen molar-refractivity contribution < 1.29 is 39.5 Å². The Morgan fingerprint density at radius 1 is 1.06 bits per heavy atom. The number of aliphatic carboxylic acids is 1. The third kappa shape index (κ3) is 4.35.